The van der Waals surface area contributed by atoms with Gasteiger partial charge >= 0.3 is 5.97 Å². The number of carboxylic acids is 1. The van der Waals surface area contributed by atoms with Crippen molar-refractivity contribution in [3.63, 3.8) is 0 Å². The summed E-state index contributed by atoms with van der Waals surface area (Å²) in [5, 5.41) is 24.4. The maximum absolute atomic E-state index is 11.9. The molecule has 0 saturated carbocycles. The minimum Gasteiger partial charge on any atom is -0.480 e. The van der Waals surface area contributed by atoms with Gasteiger partial charge in [0.15, 0.2) is 0 Å². The Kier molecular flexibility index (Phi) is 12.4. The number of nitrogens with two attached hydrogens (primary N) is 2. The fraction of sp³-hybridized carbons (Fsp3) is 0.714. The molecule has 3 atom stereocenters. The molecule has 0 aliphatic carbocycles. The van der Waals surface area contributed by atoms with Crippen LogP contribution in [0.1, 0.15) is 19.3 Å². The van der Waals surface area contributed by atoms with E-state index in [0.29, 0.717) is 19.4 Å². The lowest BCUT2D eigenvalue weighted by atomic mass is 10.1. The topological polar surface area (TPSA) is 197 Å². The van der Waals surface area contributed by atoms with Gasteiger partial charge in [-0.2, -0.15) is 12.6 Å². The van der Waals surface area contributed by atoms with Gasteiger partial charge in [0.2, 0.25) is 17.7 Å². The van der Waals surface area contributed by atoms with Gasteiger partial charge in [-0.15, -0.1) is 0 Å². The smallest absolute Gasteiger partial charge is 0.328 e. The Morgan fingerprint density at radius 1 is 1.04 bits per heavy atom. The number of carboxylic acid groups (broad SMARTS) is 1. The maximum Gasteiger partial charge on any atom is 0.328 e. The number of nitrogens with one attached hydrogen (secondary N) is 3. The Morgan fingerprint density at radius 2 is 1.69 bits per heavy atom. The number of aliphatic hydroxyl groups is 1. The Bertz CT molecular complexity index is 492. The molecule has 3 unspecified atom stereocenters. The standard InChI is InChI=1S/C14H27N5O6S/c15-4-2-1-3-8(16)12(22)17-5-11(21)18-10(7-26)13(23)19-9(6-20)14(24)25/h8-10,20,26H,1-7,15-16H2,(H,17,22)(H,18,21)(H,19,23)(H,24,25). The molecule has 0 aliphatic heterocycles. The quantitative estimate of drug-likeness (QED) is 0.117. The van der Waals surface area contributed by atoms with Crippen LogP contribution >= 0.6 is 12.6 Å². The van der Waals surface area contributed by atoms with Crippen LogP contribution in [0, 0.1) is 0 Å². The second-order valence-corrected chi connectivity index (χ2v) is 5.86. The summed E-state index contributed by atoms with van der Waals surface area (Å²) in [6, 6.07) is -3.39. The van der Waals surface area contributed by atoms with Crippen molar-refractivity contribution in [3.8, 4) is 0 Å². The lowest BCUT2D eigenvalue weighted by Crippen LogP contribution is -2.55. The summed E-state index contributed by atoms with van der Waals surface area (Å²) in [7, 11) is 0. The summed E-state index contributed by atoms with van der Waals surface area (Å²) in [5.74, 6) is -3.52. The number of unbranched alkanes of at least 4 members (excludes halogenated alkanes) is 1. The molecule has 26 heavy (non-hydrogen) atoms. The van der Waals surface area contributed by atoms with Crippen LogP contribution in [0.15, 0.2) is 0 Å². The zero-order valence-electron chi connectivity index (χ0n) is 14.3. The van der Waals surface area contributed by atoms with Gasteiger partial charge in [-0.1, -0.05) is 6.42 Å². The minimum absolute atomic E-state index is 0.109. The molecule has 0 bridgehead atoms. The largest absolute Gasteiger partial charge is 0.480 e. The molecule has 0 aliphatic rings. The van der Waals surface area contributed by atoms with Gasteiger partial charge in [0.05, 0.1) is 19.2 Å². The Hall–Kier alpha value is -1.89. The Balaban J connectivity index is 4.38. The summed E-state index contributed by atoms with van der Waals surface area (Å²) >= 11 is 3.92. The summed E-state index contributed by atoms with van der Waals surface area (Å²) < 4.78 is 0. The van der Waals surface area contributed by atoms with Crippen molar-refractivity contribution in [1.29, 1.82) is 0 Å². The summed E-state index contributed by atoms with van der Waals surface area (Å²) in [4.78, 5) is 46.3. The Labute approximate surface area is 156 Å². The average Bonchev–Trinajstić information content (AvgIpc) is 2.61. The molecule has 0 fully saturated rings. The minimum atomic E-state index is -1.49. The average molecular weight is 393 g/mol. The van der Waals surface area contributed by atoms with Gasteiger partial charge in [0.1, 0.15) is 12.1 Å². The zero-order valence-corrected chi connectivity index (χ0v) is 15.2. The van der Waals surface area contributed by atoms with Crippen molar-refractivity contribution in [2.45, 2.75) is 37.4 Å². The van der Waals surface area contributed by atoms with Gasteiger partial charge in [0, 0.05) is 5.75 Å². The molecule has 0 aromatic heterocycles. The van der Waals surface area contributed by atoms with Crippen molar-refractivity contribution >= 4 is 36.3 Å². The molecular weight excluding hydrogens is 366 g/mol. The predicted octanol–water partition coefficient (Wildman–Crippen LogP) is -3.46. The van der Waals surface area contributed by atoms with Gasteiger partial charge in [-0.25, -0.2) is 4.79 Å². The number of hydrogen-bond donors (Lipinski definition) is 8. The molecule has 0 rings (SSSR count). The fourth-order valence-corrected chi connectivity index (χ4v) is 2.09. The third-order valence-electron chi connectivity index (χ3n) is 3.36. The third kappa shape index (κ3) is 9.56. The van der Waals surface area contributed by atoms with Crippen LogP contribution in [-0.2, 0) is 19.2 Å². The van der Waals surface area contributed by atoms with Gasteiger partial charge in [-0.05, 0) is 19.4 Å². The summed E-state index contributed by atoms with van der Waals surface area (Å²) in [5.41, 5.74) is 11.0. The molecule has 0 aromatic carbocycles. The number of amides is 3. The molecule has 0 radical (unpaired) electrons. The molecule has 9 N–H and O–H groups in total. The van der Waals surface area contributed by atoms with E-state index in [2.05, 4.69) is 28.6 Å². The van der Waals surface area contributed by atoms with E-state index in [1.165, 1.54) is 0 Å². The van der Waals surface area contributed by atoms with Crippen molar-refractivity contribution in [2.75, 3.05) is 25.4 Å². The summed E-state index contributed by atoms with van der Waals surface area (Å²) in [6.07, 6.45) is 1.87. The Morgan fingerprint density at radius 3 is 2.19 bits per heavy atom. The van der Waals surface area contributed by atoms with E-state index < -0.39 is 55.0 Å². The van der Waals surface area contributed by atoms with Crippen molar-refractivity contribution in [1.82, 2.24) is 16.0 Å². The monoisotopic (exact) mass is 393 g/mol. The summed E-state index contributed by atoms with van der Waals surface area (Å²) in [6.45, 7) is -0.696. The molecule has 3 amide bonds. The molecule has 11 nitrogen and oxygen atoms in total. The normalized spacial score (nSPS) is 14.0. The highest BCUT2D eigenvalue weighted by molar-refractivity contribution is 7.80. The van der Waals surface area contributed by atoms with Crippen LogP contribution in [-0.4, -0.2) is 77.5 Å². The van der Waals surface area contributed by atoms with E-state index in [1.54, 1.807) is 0 Å². The van der Waals surface area contributed by atoms with Gasteiger partial charge in [-0.3, -0.25) is 14.4 Å². The number of aliphatic hydroxyl groups excluding tert-OH is 1. The molecule has 150 valence electrons. The lowest BCUT2D eigenvalue weighted by molar-refractivity contribution is -0.143. The second kappa shape index (κ2) is 13.3. The molecule has 12 heteroatoms. The molecule has 0 aromatic rings. The third-order valence-corrected chi connectivity index (χ3v) is 3.73. The fourth-order valence-electron chi connectivity index (χ4n) is 1.84. The molecule has 0 saturated heterocycles. The number of carbonyl (C=O) groups is 4. The van der Waals surface area contributed by atoms with Crippen LogP contribution in [0.5, 0.6) is 0 Å². The van der Waals surface area contributed by atoms with E-state index in [1.807, 2.05) is 0 Å². The highest BCUT2D eigenvalue weighted by atomic mass is 32.1. The van der Waals surface area contributed by atoms with Crippen molar-refractivity contribution in [2.24, 2.45) is 11.5 Å². The van der Waals surface area contributed by atoms with Crippen LogP contribution in [0.4, 0.5) is 0 Å². The van der Waals surface area contributed by atoms with E-state index in [4.69, 9.17) is 21.7 Å². The number of aliphatic carboxylic acids is 1. The highest BCUT2D eigenvalue weighted by Gasteiger charge is 2.25. The molecular formula is C14H27N5O6S. The zero-order chi connectivity index (χ0) is 20.1. The van der Waals surface area contributed by atoms with Crippen LogP contribution in [0.3, 0.4) is 0 Å². The number of carbonyl (C=O) groups excluding carboxylic acids is 3. The molecule has 0 heterocycles. The number of thiol groups is 1. The lowest BCUT2D eigenvalue weighted by Gasteiger charge is -2.19. The van der Waals surface area contributed by atoms with E-state index in [9.17, 15) is 19.2 Å². The van der Waals surface area contributed by atoms with E-state index in [0.717, 1.165) is 6.42 Å². The van der Waals surface area contributed by atoms with Crippen LogP contribution < -0.4 is 27.4 Å². The molecule has 0 spiro atoms. The maximum atomic E-state index is 11.9. The number of rotatable bonds is 13. The first-order chi connectivity index (χ1) is 12.3. The van der Waals surface area contributed by atoms with Crippen molar-refractivity contribution in [3.05, 3.63) is 0 Å². The van der Waals surface area contributed by atoms with E-state index in [-0.39, 0.29) is 5.75 Å². The second-order valence-electron chi connectivity index (χ2n) is 5.49. The first kappa shape index (κ1) is 24.1. The number of hydrogen-bond acceptors (Lipinski definition) is 8. The predicted molar refractivity (Wildman–Crippen MR) is 96.3 cm³/mol. The van der Waals surface area contributed by atoms with E-state index >= 15 is 0 Å². The van der Waals surface area contributed by atoms with Crippen LogP contribution in [0.25, 0.3) is 0 Å². The van der Waals surface area contributed by atoms with Crippen molar-refractivity contribution < 1.29 is 29.4 Å². The van der Waals surface area contributed by atoms with Crippen LogP contribution in [0.2, 0.25) is 0 Å². The first-order valence-corrected chi connectivity index (χ1v) is 8.67. The van der Waals surface area contributed by atoms with Gasteiger partial charge < -0.3 is 37.6 Å². The van der Waals surface area contributed by atoms with Gasteiger partial charge in [0.25, 0.3) is 0 Å². The SMILES string of the molecule is NCCCCC(N)C(=O)NCC(=O)NC(CS)C(=O)NC(CO)C(=O)O. The first-order valence-electron chi connectivity index (χ1n) is 8.04. The highest BCUT2D eigenvalue weighted by Crippen LogP contribution is 1.98.